The fourth-order valence-corrected chi connectivity index (χ4v) is 2.37. The number of nitro benzene ring substituents is 1. The number of benzene rings is 2. The van der Waals surface area contributed by atoms with Crippen LogP contribution >= 0.6 is 11.8 Å². The smallest absolute Gasteiger partial charge is 0.338 e. The van der Waals surface area contributed by atoms with E-state index in [4.69, 9.17) is 0 Å². The molecule has 2 aromatic carbocycles. The molecule has 2 aromatic rings. The van der Waals surface area contributed by atoms with Gasteiger partial charge < -0.3 is 10.1 Å². The number of nitro groups is 1. The van der Waals surface area contributed by atoms with Crippen LogP contribution in [0.15, 0.2) is 47.4 Å². The molecule has 0 fully saturated rings. The second-order valence-electron chi connectivity index (χ2n) is 4.70. The number of carbonyl (C=O) groups is 2. The lowest BCUT2D eigenvalue weighted by Crippen LogP contribution is -2.14. The van der Waals surface area contributed by atoms with Gasteiger partial charge in [-0.15, -0.1) is 11.8 Å². The second-order valence-corrected chi connectivity index (χ2v) is 5.58. The first-order chi connectivity index (χ1) is 11.4. The predicted octanol–water partition coefficient (Wildman–Crippen LogP) is 3.36. The van der Waals surface area contributed by atoms with Crippen LogP contribution in [0.5, 0.6) is 0 Å². The Kier molecular flexibility index (Phi) is 5.54. The molecule has 1 amide bonds. The lowest BCUT2D eigenvalue weighted by molar-refractivity contribution is -0.384. The third kappa shape index (κ3) is 4.11. The number of hydrogen-bond acceptors (Lipinski definition) is 6. The topological polar surface area (TPSA) is 98.5 Å². The Morgan fingerprint density at radius 2 is 1.75 bits per heavy atom. The van der Waals surface area contributed by atoms with E-state index in [1.807, 2.05) is 18.4 Å². The van der Waals surface area contributed by atoms with Gasteiger partial charge in [0.1, 0.15) is 0 Å². The van der Waals surface area contributed by atoms with Crippen LogP contribution in [-0.2, 0) is 4.74 Å². The minimum atomic E-state index is -0.753. The average Bonchev–Trinajstić information content (AvgIpc) is 2.61. The Hall–Kier alpha value is -2.87. The number of amides is 1. The molecule has 0 saturated carbocycles. The highest BCUT2D eigenvalue weighted by Crippen LogP contribution is 2.21. The van der Waals surface area contributed by atoms with Gasteiger partial charge in [-0.1, -0.05) is 0 Å². The molecule has 7 nitrogen and oxygen atoms in total. The number of thioether (sulfide) groups is 1. The van der Waals surface area contributed by atoms with Gasteiger partial charge in [0.05, 0.1) is 17.6 Å². The number of carbonyl (C=O) groups excluding carboxylic acids is 2. The van der Waals surface area contributed by atoms with E-state index in [9.17, 15) is 19.7 Å². The van der Waals surface area contributed by atoms with Gasteiger partial charge in [-0.05, 0) is 36.6 Å². The summed E-state index contributed by atoms with van der Waals surface area (Å²) in [5.41, 5.74) is 0.123. The van der Waals surface area contributed by atoms with Gasteiger partial charge in [0, 0.05) is 28.3 Å². The van der Waals surface area contributed by atoms with Crippen molar-refractivity contribution in [3.05, 3.63) is 63.7 Å². The number of ether oxygens (including phenoxy) is 1. The van der Waals surface area contributed by atoms with E-state index < -0.39 is 16.8 Å². The van der Waals surface area contributed by atoms with Crippen molar-refractivity contribution in [2.45, 2.75) is 4.90 Å². The van der Waals surface area contributed by atoms with E-state index >= 15 is 0 Å². The Bertz CT molecular complexity index is 790. The first-order valence-electron chi connectivity index (χ1n) is 6.78. The zero-order valence-electron chi connectivity index (χ0n) is 12.9. The maximum absolute atomic E-state index is 12.3. The van der Waals surface area contributed by atoms with Crippen LogP contribution in [-0.4, -0.2) is 30.2 Å². The molecule has 124 valence electrons. The summed E-state index contributed by atoms with van der Waals surface area (Å²) < 4.78 is 4.55. The van der Waals surface area contributed by atoms with Crippen molar-refractivity contribution in [3.8, 4) is 0 Å². The van der Waals surface area contributed by atoms with Gasteiger partial charge in [-0.2, -0.15) is 0 Å². The van der Waals surface area contributed by atoms with E-state index in [-0.39, 0.29) is 16.8 Å². The summed E-state index contributed by atoms with van der Waals surface area (Å²) in [6.45, 7) is 0. The van der Waals surface area contributed by atoms with Crippen LogP contribution in [0, 0.1) is 10.1 Å². The minimum absolute atomic E-state index is 0.00135. The monoisotopic (exact) mass is 346 g/mol. The molecule has 0 aliphatic carbocycles. The molecule has 0 radical (unpaired) electrons. The van der Waals surface area contributed by atoms with Gasteiger partial charge in [-0.3, -0.25) is 14.9 Å². The predicted molar refractivity (Wildman–Crippen MR) is 90.6 cm³/mol. The molecule has 0 spiro atoms. The Morgan fingerprint density at radius 3 is 2.29 bits per heavy atom. The number of hydrogen-bond donors (Lipinski definition) is 1. The Labute approximate surface area is 142 Å². The third-order valence-corrected chi connectivity index (χ3v) is 3.90. The highest BCUT2D eigenvalue weighted by molar-refractivity contribution is 7.98. The molecule has 0 unspecified atom stereocenters. The third-order valence-electron chi connectivity index (χ3n) is 3.16. The van der Waals surface area contributed by atoms with Crippen LogP contribution in [0.2, 0.25) is 0 Å². The van der Waals surface area contributed by atoms with Crippen LogP contribution in [0.1, 0.15) is 20.7 Å². The summed E-state index contributed by atoms with van der Waals surface area (Å²) in [7, 11) is 1.16. The van der Waals surface area contributed by atoms with Gasteiger partial charge in [0.2, 0.25) is 0 Å². The normalized spacial score (nSPS) is 10.1. The van der Waals surface area contributed by atoms with E-state index in [2.05, 4.69) is 10.1 Å². The van der Waals surface area contributed by atoms with Crippen LogP contribution in [0.25, 0.3) is 0 Å². The summed E-state index contributed by atoms with van der Waals surface area (Å²) in [5, 5.41) is 13.6. The van der Waals surface area contributed by atoms with Crippen molar-refractivity contribution in [1.82, 2.24) is 0 Å². The van der Waals surface area contributed by atoms with Crippen LogP contribution in [0.4, 0.5) is 11.4 Å². The molecule has 0 aromatic heterocycles. The van der Waals surface area contributed by atoms with Gasteiger partial charge in [-0.25, -0.2) is 4.79 Å². The molecule has 1 N–H and O–H groups in total. The number of rotatable bonds is 5. The van der Waals surface area contributed by atoms with Crippen molar-refractivity contribution in [2.75, 3.05) is 18.7 Å². The quantitative estimate of drug-likeness (QED) is 0.386. The summed E-state index contributed by atoms with van der Waals surface area (Å²) >= 11 is 1.57. The van der Waals surface area contributed by atoms with Crippen molar-refractivity contribution in [1.29, 1.82) is 0 Å². The first-order valence-corrected chi connectivity index (χ1v) is 8.00. The molecule has 0 aliphatic rings. The van der Waals surface area contributed by atoms with E-state index in [0.717, 1.165) is 24.1 Å². The van der Waals surface area contributed by atoms with E-state index in [0.29, 0.717) is 5.69 Å². The Morgan fingerprint density at radius 1 is 1.12 bits per heavy atom. The molecule has 0 bridgehead atoms. The molecule has 24 heavy (non-hydrogen) atoms. The van der Waals surface area contributed by atoms with Gasteiger partial charge >= 0.3 is 5.97 Å². The number of anilines is 1. The summed E-state index contributed by atoms with van der Waals surface area (Å²) in [6.07, 6.45) is 1.94. The maximum atomic E-state index is 12.3. The number of non-ortho nitro benzene ring substituents is 1. The number of nitrogens with zero attached hydrogens (tertiary/aromatic N) is 1. The number of methoxy groups -OCH3 is 1. The zero-order chi connectivity index (χ0) is 17.7. The average molecular weight is 346 g/mol. The van der Waals surface area contributed by atoms with Crippen molar-refractivity contribution in [2.24, 2.45) is 0 Å². The Balaban J connectivity index is 2.31. The minimum Gasteiger partial charge on any atom is -0.465 e. The first kappa shape index (κ1) is 17.5. The lowest BCUT2D eigenvalue weighted by Gasteiger charge is -2.07. The van der Waals surface area contributed by atoms with Crippen molar-refractivity contribution < 1.29 is 19.2 Å². The molecular weight excluding hydrogens is 332 g/mol. The standard InChI is InChI=1S/C16H14N2O5S/c1-23-16(20)11-7-10(8-13(9-11)18(21)22)15(19)17-12-3-5-14(24-2)6-4-12/h3-9H,1-2H3,(H,17,19). The van der Waals surface area contributed by atoms with Gasteiger partial charge in [0.25, 0.3) is 11.6 Å². The summed E-state index contributed by atoms with van der Waals surface area (Å²) in [4.78, 5) is 35.3. The molecule has 2 rings (SSSR count). The van der Waals surface area contributed by atoms with Crippen molar-refractivity contribution in [3.63, 3.8) is 0 Å². The summed E-state index contributed by atoms with van der Waals surface area (Å²) in [6, 6.07) is 10.6. The van der Waals surface area contributed by atoms with Crippen LogP contribution < -0.4 is 5.32 Å². The fourth-order valence-electron chi connectivity index (χ4n) is 1.96. The highest BCUT2D eigenvalue weighted by atomic mass is 32.2. The number of esters is 1. The van der Waals surface area contributed by atoms with E-state index in [1.54, 1.807) is 23.9 Å². The van der Waals surface area contributed by atoms with Crippen LogP contribution in [0.3, 0.4) is 0 Å². The largest absolute Gasteiger partial charge is 0.465 e. The maximum Gasteiger partial charge on any atom is 0.338 e. The molecular formula is C16H14N2O5S. The highest BCUT2D eigenvalue weighted by Gasteiger charge is 2.18. The second kappa shape index (κ2) is 7.60. The fraction of sp³-hybridized carbons (Fsp3) is 0.125. The molecule has 0 saturated heterocycles. The molecule has 0 aliphatic heterocycles. The van der Waals surface area contributed by atoms with Crippen molar-refractivity contribution >= 4 is 35.0 Å². The SMILES string of the molecule is COC(=O)c1cc(C(=O)Nc2ccc(SC)cc2)cc([N+](=O)[O-])c1. The lowest BCUT2D eigenvalue weighted by atomic mass is 10.1. The van der Waals surface area contributed by atoms with E-state index in [1.165, 1.54) is 6.07 Å². The van der Waals surface area contributed by atoms with Gasteiger partial charge in [0.15, 0.2) is 0 Å². The molecule has 0 heterocycles. The molecule has 0 atom stereocenters. The number of nitrogens with one attached hydrogen (secondary N) is 1. The summed E-state index contributed by atoms with van der Waals surface area (Å²) in [5.74, 6) is -1.31. The zero-order valence-corrected chi connectivity index (χ0v) is 13.8. The molecule has 8 heteroatoms.